The minimum atomic E-state index is -3.67. The fourth-order valence-corrected chi connectivity index (χ4v) is 4.11. The minimum Gasteiger partial charge on any atom is -0.340 e. The van der Waals surface area contributed by atoms with Crippen LogP contribution in [0.1, 0.15) is 18.1 Å². The number of carbonyl (C=O) groups excluding carboxylic acids is 1. The summed E-state index contributed by atoms with van der Waals surface area (Å²) in [5, 5.41) is 0.452. The SMILES string of the molecule is Cc1ccc(N([C@@H](C)C(=O)N(C)Cc2ccccc2)S(C)(=O)=O)cc1Cl. The molecule has 0 saturated carbocycles. The maximum Gasteiger partial charge on any atom is 0.246 e. The van der Waals surface area contributed by atoms with Gasteiger partial charge in [0.05, 0.1) is 11.9 Å². The van der Waals surface area contributed by atoms with Crippen molar-refractivity contribution >= 4 is 33.2 Å². The summed E-state index contributed by atoms with van der Waals surface area (Å²) in [6.07, 6.45) is 1.09. The Morgan fingerprint density at radius 2 is 1.77 bits per heavy atom. The number of benzene rings is 2. The second kappa shape index (κ2) is 8.10. The molecule has 0 aliphatic heterocycles. The van der Waals surface area contributed by atoms with Gasteiger partial charge in [-0.1, -0.05) is 48.0 Å². The third-order valence-electron chi connectivity index (χ3n) is 4.12. The van der Waals surface area contributed by atoms with Crippen molar-refractivity contribution in [2.75, 3.05) is 17.6 Å². The Kier molecular flexibility index (Phi) is 6.31. The minimum absolute atomic E-state index is 0.295. The van der Waals surface area contributed by atoms with Crippen LogP contribution in [0.15, 0.2) is 48.5 Å². The number of carbonyl (C=O) groups is 1. The molecule has 1 amide bonds. The number of likely N-dealkylation sites (N-methyl/N-ethyl adjacent to an activating group) is 1. The van der Waals surface area contributed by atoms with Crippen LogP contribution in [0.5, 0.6) is 0 Å². The predicted molar refractivity (Wildman–Crippen MR) is 106 cm³/mol. The number of amides is 1. The van der Waals surface area contributed by atoms with E-state index < -0.39 is 16.1 Å². The average molecular weight is 395 g/mol. The number of sulfonamides is 1. The van der Waals surface area contributed by atoms with E-state index in [2.05, 4.69) is 0 Å². The van der Waals surface area contributed by atoms with Crippen molar-refractivity contribution in [3.8, 4) is 0 Å². The number of anilines is 1. The molecule has 0 aliphatic carbocycles. The predicted octanol–water partition coefficient (Wildman–Crippen LogP) is 3.46. The van der Waals surface area contributed by atoms with E-state index in [1.165, 1.54) is 4.90 Å². The van der Waals surface area contributed by atoms with Gasteiger partial charge in [0.25, 0.3) is 0 Å². The molecule has 2 rings (SSSR count). The van der Waals surface area contributed by atoms with Gasteiger partial charge >= 0.3 is 0 Å². The lowest BCUT2D eigenvalue weighted by molar-refractivity contribution is -0.131. The van der Waals surface area contributed by atoms with Gasteiger partial charge in [0.15, 0.2) is 0 Å². The van der Waals surface area contributed by atoms with E-state index >= 15 is 0 Å². The summed E-state index contributed by atoms with van der Waals surface area (Å²) in [5.74, 6) is -0.295. The molecule has 0 saturated heterocycles. The number of rotatable bonds is 6. The highest BCUT2D eigenvalue weighted by Gasteiger charge is 2.31. The molecule has 140 valence electrons. The summed E-state index contributed by atoms with van der Waals surface area (Å²) in [7, 11) is -2.01. The molecular formula is C19H23ClN2O3S. The molecule has 0 N–H and O–H groups in total. The molecule has 0 aromatic heterocycles. The van der Waals surface area contributed by atoms with Gasteiger partial charge in [-0.3, -0.25) is 9.10 Å². The Morgan fingerprint density at radius 1 is 1.15 bits per heavy atom. The highest BCUT2D eigenvalue weighted by molar-refractivity contribution is 7.92. The topological polar surface area (TPSA) is 57.7 Å². The van der Waals surface area contributed by atoms with Crippen LogP contribution in [0.4, 0.5) is 5.69 Å². The van der Waals surface area contributed by atoms with Crippen molar-refractivity contribution in [3.05, 3.63) is 64.7 Å². The third kappa shape index (κ3) is 4.77. The molecule has 0 bridgehead atoms. The van der Waals surface area contributed by atoms with Gasteiger partial charge in [-0.2, -0.15) is 0 Å². The standard InChI is InChI=1S/C19H23ClN2O3S/c1-14-10-11-17(12-18(14)20)22(26(4,24)25)15(2)19(23)21(3)13-16-8-6-5-7-9-16/h5-12,15H,13H2,1-4H3/t15-/m0/s1. The van der Waals surface area contributed by atoms with Crippen LogP contribution in [0, 0.1) is 6.92 Å². The second-order valence-corrected chi connectivity index (χ2v) is 8.61. The van der Waals surface area contributed by atoms with E-state index in [1.807, 2.05) is 37.3 Å². The van der Waals surface area contributed by atoms with Crippen molar-refractivity contribution in [2.45, 2.75) is 26.4 Å². The van der Waals surface area contributed by atoms with Crippen molar-refractivity contribution in [1.29, 1.82) is 0 Å². The molecule has 5 nitrogen and oxygen atoms in total. The summed E-state index contributed by atoms with van der Waals surface area (Å²) < 4.78 is 25.8. The molecule has 2 aromatic rings. The van der Waals surface area contributed by atoms with Gasteiger partial charge in [0, 0.05) is 18.6 Å². The van der Waals surface area contributed by atoms with Crippen LogP contribution in [0.2, 0.25) is 5.02 Å². The zero-order chi connectivity index (χ0) is 19.5. The van der Waals surface area contributed by atoms with Gasteiger partial charge in [-0.15, -0.1) is 0 Å². The number of halogens is 1. The van der Waals surface area contributed by atoms with Crippen molar-refractivity contribution in [3.63, 3.8) is 0 Å². The van der Waals surface area contributed by atoms with Crippen molar-refractivity contribution < 1.29 is 13.2 Å². The van der Waals surface area contributed by atoms with Gasteiger partial charge in [0.2, 0.25) is 15.9 Å². The molecule has 26 heavy (non-hydrogen) atoms. The molecule has 0 heterocycles. The van der Waals surface area contributed by atoms with E-state index in [4.69, 9.17) is 11.6 Å². The Labute approximate surface area is 160 Å². The zero-order valence-electron chi connectivity index (χ0n) is 15.3. The van der Waals surface area contributed by atoms with E-state index in [0.29, 0.717) is 17.3 Å². The monoisotopic (exact) mass is 394 g/mol. The molecule has 0 unspecified atom stereocenters. The average Bonchev–Trinajstić information content (AvgIpc) is 2.57. The molecule has 1 atom stereocenters. The molecule has 0 aliphatic rings. The van der Waals surface area contributed by atoms with E-state index in [-0.39, 0.29) is 5.91 Å². The van der Waals surface area contributed by atoms with Crippen LogP contribution < -0.4 is 4.31 Å². The normalized spacial score (nSPS) is 12.5. The van der Waals surface area contributed by atoms with Gasteiger partial charge in [-0.25, -0.2) is 8.42 Å². The number of aryl methyl sites for hydroxylation is 1. The summed E-state index contributed by atoms with van der Waals surface area (Å²) in [6.45, 7) is 3.81. The first-order chi connectivity index (χ1) is 12.1. The Balaban J connectivity index is 2.30. The Morgan fingerprint density at radius 3 is 2.31 bits per heavy atom. The number of hydrogen-bond donors (Lipinski definition) is 0. The molecule has 0 spiro atoms. The largest absolute Gasteiger partial charge is 0.340 e. The smallest absolute Gasteiger partial charge is 0.246 e. The Hall–Kier alpha value is -2.05. The quantitative estimate of drug-likeness (QED) is 0.753. The fraction of sp³-hybridized carbons (Fsp3) is 0.316. The number of hydrogen-bond acceptors (Lipinski definition) is 3. The van der Waals surface area contributed by atoms with Crippen LogP contribution in [0.3, 0.4) is 0 Å². The maximum absolute atomic E-state index is 12.8. The van der Waals surface area contributed by atoms with Crippen LogP contribution in [-0.4, -0.2) is 38.6 Å². The highest BCUT2D eigenvalue weighted by atomic mass is 35.5. The van der Waals surface area contributed by atoms with Crippen LogP contribution >= 0.6 is 11.6 Å². The maximum atomic E-state index is 12.8. The number of nitrogens with zero attached hydrogens (tertiary/aromatic N) is 2. The first-order valence-corrected chi connectivity index (χ1v) is 10.4. The van der Waals surface area contributed by atoms with Gasteiger partial charge in [-0.05, 0) is 37.1 Å². The second-order valence-electron chi connectivity index (χ2n) is 6.35. The molecular weight excluding hydrogens is 372 g/mol. The fourth-order valence-electron chi connectivity index (χ4n) is 2.78. The van der Waals surface area contributed by atoms with Crippen molar-refractivity contribution in [2.24, 2.45) is 0 Å². The molecule has 0 fully saturated rings. The first-order valence-electron chi connectivity index (χ1n) is 8.15. The molecule has 7 heteroatoms. The van der Waals surface area contributed by atoms with E-state index in [0.717, 1.165) is 21.7 Å². The summed E-state index contributed by atoms with van der Waals surface area (Å²) in [4.78, 5) is 14.4. The summed E-state index contributed by atoms with van der Waals surface area (Å²) >= 11 is 6.15. The van der Waals surface area contributed by atoms with Crippen LogP contribution in [-0.2, 0) is 21.4 Å². The molecule has 0 radical (unpaired) electrons. The zero-order valence-corrected chi connectivity index (χ0v) is 16.9. The lowest BCUT2D eigenvalue weighted by Crippen LogP contribution is -2.48. The lowest BCUT2D eigenvalue weighted by atomic mass is 10.2. The highest BCUT2D eigenvalue weighted by Crippen LogP contribution is 2.27. The van der Waals surface area contributed by atoms with E-state index in [1.54, 1.807) is 32.2 Å². The molecule has 2 aromatic carbocycles. The van der Waals surface area contributed by atoms with Crippen LogP contribution in [0.25, 0.3) is 0 Å². The summed E-state index contributed by atoms with van der Waals surface area (Å²) in [6, 6.07) is 13.6. The summed E-state index contributed by atoms with van der Waals surface area (Å²) in [5.41, 5.74) is 2.18. The van der Waals surface area contributed by atoms with Crippen molar-refractivity contribution in [1.82, 2.24) is 4.90 Å². The first kappa shape index (κ1) is 20.3. The van der Waals surface area contributed by atoms with E-state index in [9.17, 15) is 13.2 Å². The third-order valence-corrected chi connectivity index (χ3v) is 5.76. The Bertz CT molecular complexity index is 885. The van der Waals surface area contributed by atoms with Gasteiger partial charge < -0.3 is 4.90 Å². The van der Waals surface area contributed by atoms with Gasteiger partial charge in [0.1, 0.15) is 6.04 Å². The lowest BCUT2D eigenvalue weighted by Gasteiger charge is -2.31.